The molecule has 1 rings (SSSR count). The van der Waals surface area contributed by atoms with Gasteiger partial charge in [0.05, 0.1) is 0 Å². The minimum Gasteiger partial charge on any atom is -0.356 e. The summed E-state index contributed by atoms with van der Waals surface area (Å²) < 4.78 is 5.23. The molecule has 1 heterocycles. The molecule has 0 aromatic carbocycles. The first kappa shape index (κ1) is 22.1. The van der Waals surface area contributed by atoms with E-state index in [0.717, 1.165) is 24.7 Å². The van der Waals surface area contributed by atoms with E-state index in [1.807, 2.05) is 0 Å². The molecule has 134 valence electrons. The lowest BCUT2D eigenvalue weighted by Gasteiger charge is -2.17. The molecule has 0 saturated carbocycles. The number of hydrogen-bond donors (Lipinski definition) is 2. The first-order valence-electron chi connectivity index (χ1n) is 8.36. The van der Waals surface area contributed by atoms with Crippen molar-refractivity contribution in [2.45, 2.75) is 71.8 Å². The number of nitrogens with one attached hydrogen (secondary N) is 2. The summed E-state index contributed by atoms with van der Waals surface area (Å²) in [4.78, 5) is 8.61. The van der Waals surface area contributed by atoms with Gasteiger partial charge in [0.15, 0.2) is 11.8 Å². The average molecular weight is 437 g/mol. The highest BCUT2D eigenvalue weighted by Crippen LogP contribution is 2.09. The van der Waals surface area contributed by atoms with Gasteiger partial charge in [0.2, 0.25) is 5.89 Å². The topological polar surface area (TPSA) is 75.3 Å². The SMILES string of the molecule is CCCCCC(C)NC(=NC)NCCc1nc(C(C)C)no1.I. The molecule has 6 nitrogen and oxygen atoms in total. The Labute approximate surface area is 157 Å². The van der Waals surface area contributed by atoms with E-state index >= 15 is 0 Å². The van der Waals surface area contributed by atoms with Crippen LogP contribution in [0.4, 0.5) is 0 Å². The third-order valence-electron chi connectivity index (χ3n) is 3.48. The fourth-order valence-corrected chi connectivity index (χ4v) is 2.09. The number of nitrogens with zero attached hydrogens (tertiary/aromatic N) is 3. The molecule has 7 heteroatoms. The smallest absolute Gasteiger partial charge is 0.228 e. The van der Waals surface area contributed by atoms with Crippen LogP contribution in [0.15, 0.2) is 9.52 Å². The molecule has 0 aliphatic rings. The van der Waals surface area contributed by atoms with Crippen LogP contribution >= 0.6 is 24.0 Å². The van der Waals surface area contributed by atoms with Gasteiger partial charge >= 0.3 is 0 Å². The van der Waals surface area contributed by atoms with Crippen LogP contribution in [0, 0.1) is 0 Å². The van der Waals surface area contributed by atoms with E-state index in [1.165, 1.54) is 19.3 Å². The van der Waals surface area contributed by atoms with Crippen LogP contribution in [0.25, 0.3) is 0 Å². The van der Waals surface area contributed by atoms with Crippen molar-refractivity contribution in [3.63, 3.8) is 0 Å². The molecule has 23 heavy (non-hydrogen) atoms. The molecule has 0 fully saturated rings. The lowest BCUT2D eigenvalue weighted by molar-refractivity contribution is 0.371. The zero-order valence-corrected chi connectivity index (χ0v) is 17.4. The molecule has 0 spiro atoms. The van der Waals surface area contributed by atoms with Gasteiger partial charge in [-0.05, 0) is 13.3 Å². The van der Waals surface area contributed by atoms with Crippen molar-refractivity contribution in [2.24, 2.45) is 4.99 Å². The molecule has 1 unspecified atom stereocenters. The number of hydrogen-bond acceptors (Lipinski definition) is 4. The normalized spacial score (nSPS) is 12.9. The van der Waals surface area contributed by atoms with E-state index in [2.05, 4.69) is 53.5 Å². The minimum atomic E-state index is 0. The quantitative estimate of drug-likeness (QED) is 0.268. The van der Waals surface area contributed by atoms with E-state index in [4.69, 9.17) is 4.52 Å². The van der Waals surface area contributed by atoms with Crippen LogP contribution in [-0.2, 0) is 6.42 Å². The predicted octanol–water partition coefficient (Wildman–Crippen LogP) is 3.49. The van der Waals surface area contributed by atoms with Gasteiger partial charge in [-0.25, -0.2) is 0 Å². The summed E-state index contributed by atoms with van der Waals surface area (Å²) in [6.45, 7) is 9.24. The zero-order chi connectivity index (χ0) is 16.4. The fourth-order valence-electron chi connectivity index (χ4n) is 2.09. The summed E-state index contributed by atoms with van der Waals surface area (Å²) in [5.74, 6) is 2.56. The number of rotatable bonds is 9. The lowest BCUT2D eigenvalue weighted by atomic mass is 10.1. The minimum absolute atomic E-state index is 0. The lowest BCUT2D eigenvalue weighted by Crippen LogP contribution is -2.42. The molecular weight excluding hydrogens is 405 g/mol. The van der Waals surface area contributed by atoms with Crippen LogP contribution in [0.2, 0.25) is 0 Å². The molecule has 0 saturated heterocycles. The molecule has 1 aromatic rings. The molecule has 0 bridgehead atoms. The van der Waals surface area contributed by atoms with Crippen molar-refractivity contribution in [2.75, 3.05) is 13.6 Å². The van der Waals surface area contributed by atoms with Gasteiger partial charge in [0, 0.05) is 32.0 Å². The number of halogens is 1. The van der Waals surface area contributed by atoms with Crippen LogP contribution in [0.5, 0.6) is 0 Å². The van der Waals surface area contributed by atoms with Gasteiger partial charge in [-0.3, -0.25) is 4.99 Å². The first-order valence-corrected chi connectivity index (χ1v) is 8.36. The zero-order valence-electron chi connectivity index (χ0n) is 15.1. The molecule has 0 radical (unpaired) electrons. The third-order valence-corrected chi connectivity index (χ3v) is 3.48. The summed E-state index contributed by atoms with van der Waals surface area (Å²) in [7, 11) is 1.79. The Morgan fingerprint density at radius 3 is 2.57 bits per heavy atom. The summed E-state index contributed by atoms with van der Waals surface area (Å²) >= 11 is 0. The molecule has 1 atom stereocenters. The second kappa shape index (κ2) is 12.5. The Kier molecular flexibility index (Phi) is 12.1. The standard InChI is InChI=1S/C16H31N5O.HI/c1-6-7-8-9-13(4)19-16(17-5)18-11-10-14-20-15(12(2)3)21-22-14;/h12-13H,6-11H2,1-5H3,(H2,17,18,19);1H. The van der Waals surface area contributed by atoms with Crippen molar-refractivity contribution < 1.29 is 4.52 Å². The van der Waals surface area contributed by atoms with E-state index in [0.29, 0.717) is 24.3 Å². The molecule has 0 aliphatic carbocycles. The van der Waals surface area contributed by atoms with Crippen molar-refractivity contribution in [1.29, 1.82) is 0 Å². The van der Waals surface area contributed by atoms with Crippen LogP contribution in [0.1, 0.15) is 71.0 Å². The van der Waals surface area contributed by atoms with Crippen LogP contribution < -0.4 is 10.6 Å². The van der Waals surface area contributed by atoms with Crippen molar-refractivity contribution in [1.82, 2.24) is 20.8 Å². The Hall–Kier alpha value is -0.860. The summed E-state index contributed by atoms with van der Waals surface area (Å²) in [5, 5.41) is 10.7. The van der Waals surface area contributed by atoms with Gasteiger partial charge in [0.1, 0.15) is 0 Å². The second-order valence-corrected chi connectivity index (χ2v) is 5.99. The van der Waals surface area contributed by atoms with Gasteiger partial charge in [-0.2, -0.15) is 4.98 Å². The largest absolute Gasteiger partial charge is 0.356 e. The molecule has 0 amide bonds. The monoisotopic (exact) mass is 437 g/mol. The molecule has 1 aromatic heterocycles. The second-order valence-electron chi connectivity index (χ2n) is 5.99. The van der Waals surface area contributed by atoms with Gasteiger partial charge in [0.25, 0.3) is 0 Å². The van der Waals surface area contributed by atoms with Gasteiger partial charge < -0.3 is 15.2 Å². The number of unbranched alkanes of at least 4 members (excludes halogenated alkanes) is 2. The summed E-state index contributed by atoms with van der Waals surface area (Å²) in [5.41, 5.74) is 0. The Bertz CT molecular complexity index is 447. The Morgan fingerprint density at radius 1 is 1.26 bits per heavy atom. The van der Waals surface area contributed by atoms with Crippen LogP contribution in [0.3, 0.4) is 0 Å². The van der Waals surface area contributed by atoms with Crippen molar-refractivity contribution in [3.8, 4) is 0 Å². The number of guanidine groups is 1. The van der Waals surface area contributed by atoms with E-state index < -0.39 is 0 Å². The highest BCUT2D eigenvalue weighted by Gasteiger charge is 2.10. The first-order chi connectivity index (χ1) is 10.6. The van der Waals surface area contributed by atoms with Gasteiger partial charge in [-0.15, -0.1) is 24.0 Å². The highest BCUT2D eigenvalue weighted by molar-refractivity contribution is 14.0. The predicted molar refractivity (Wildman–Crippen MR) is 106 cm³/mol. The fraction of sp³-hybridized carbons (Fsp3) is 0.812. The number of aliphatic imine (C=N–C) groups is 1. The highest BCUT2D eigenvalue weighted by atomic mass is 127. The average Bonchev–Trinajstić information content (AvgIpc) is 2.95. The molecular formula is C16H32IN5O. The van der Waals surface area contributed by atoms with Gasteiger partial charge in [-0.1, -0.05) is 45.2 Å². The van der Waals surface area contributed by atoms with E-state index in [9.17, 15) is 0 Å². The maximum atomic E-state index is 5.23. The summed E-state index contributed by atoms with van der Waals surface area (Å²) in [6.07, 6.45) is 5.65. The maximum absolute atomic E-state index is 5.23. The Morgan fingerprint density at radius 2 is 2.00 bits per heavy atom. The number of aromatic nitrogens is 2. The van der Waals surface area contributed by atoms with E-state index in [-0.39, 0.29) is 24.0 Å². The molecule has 0 aliphatic heterocycles. The van der Waals surface area contributed by atoms with Crippen LogP contribution in [-0.4, -0.2) is 35.7 Å². The Balaban J connectivity index is 0.00000484. The third kappa shape index (κ3) is 9.12. The van der Waals surface area contributed by atoms with Crippen molar-refractivity contribution in [3.05, 3.63) is 11.7 Å². The van der Waals surface area contributed by atoms with Crippen molar-refractivity contribution >= 4 is 29.9 Å². The maximum Gasteiger partial charge on any atom is 0.228 e. The molecule has 2 N–H and O–H groups in total. The van der Waals surface area contributed by atoms with E-state index in [1.54, 1.807) is 7.05 Å². The summed E-state index contributed by atoms with van der Waals surface area (Å²) in [6, 6.07) is 0.425.